The number of hydrogen-bond donors (Lipinski definition) is 1. The molecule has 1 saturated heterocycles. The maximum absolute atomic E-state index is 11.1. The zero-order valence-electron chi connectivity index (χ0n) is 19.5. The van der Waals surface area contributed by atoms with Crippen LogP contribution in [0.15, 0.2) is 79.1 Å². The molecule has 0 spiro atoms. The van der Waals surface area contributed by atoms with Crippen LogP contribution in [-0.4, -0.2) is 57.8 Å². The minimum absolute atomic E-state index is 0.0578. The van der Waals surface area contributed by atoms with Crippen LogP contribution in [0.5, 0.6) is 0 Å². The number of pyridine rings is 1. The molecule has 0 atom stereocenters. The average Bonchev–Trinajstić information content (AvgIpc) is 3.33. The molecule has 2 aromatic carbocycles. The van der Waals surface area contributed by atoms with Crippen LogP contribution in [0.1, 0.15) is 5.56 Å². The van der Waals surface area contributed by atoms with Crippen LogP contribution in [0.2, 0.25) is 0 Å². The van der Waals surface area contributed by atoms with Gasteiger partial charge in [-0.2, -0.15) is 5.10 Å². The van der Waals surface area contributed by atoms with Crippen molar-refractivity contribution in [3.8, 4) is 16.9 Å². The highest BCUT2D eigenvalue weighted by molar-refractivity contribution is 5.65. The van der Waals surface area contributed by atoms with Crippen molar-refractivity contribution in [3.05, 3.63) is 94.8 Å². The summed E-state index contributed by atoms with van der Waals surface area (Å²) in [7, 11) is 2.14. The fraction of sp³-hybridized carbons (Fsp3) is 0.231. The largest absolute Gasteiger partial charge is 0.380 e. The van der Waals surface area contributed by atoms with Gasteiger partial charge in [-0.3, -0.25) is 10.1 Å². The zero-order chi connectivity index (χ0) is 24.2. The number of nitrogens with one attached hydrogen (secondary N) is 1. The first-order valence-corrected chi connectivity index (χ1v) is 11.6. The van der Waals surface area contributed by atoms with E-state index in [0.29, 0.717) is 6.54 Å². The highest BCUT2D eigenvalue weighted by Gasteiger charge is 2.16. The van der Waals surface area contributed by atoms with E-state index >= 15 is 0 Å². The molecule has 35 heavy (non-hydrogen) atoms. The Morgan fingerprint density at radius 2 is 1.71 bits per heavy atom. The molecule has 0 radical (unpaired) electrons. The van der Waals surface area contributed by atoms with Crippen LogP contribution < -0.4 is 10.2 Å². The number of nitrogens with zero attached hydrogens (tertiary/aromatic N) is 6. The van der Waals surface area contributed by atoms with Gasteiger partial charge in [-0.1, -0.05) is 18.2 Å². The van der Waals surface area contributed by atoms with Gasteiger partial charge in [-0.15, -0.1) is 0 Å². The number of anilines is 2. The number of para-hydroxylation sites is 1. The molecular weight excluding hydrogens is 442 g/mol. The molecule has 3 heterocycles. The van der Waals surface area contributed by atoms with Gasteiger partial charge in [0.1, 0.15) is 5.82 Å². The molecule has 1 aliphatic rings. The molecule has 9 nitrogen and oxygen atoms in total. The number of benzene rings is 2. The maximum Gasteiger partial charge on any atom is 0.269 e. The Morgan fingerprint density at radius 1 is 0.971 bits per heavy atom. The van der Waals surface area contributed by atoms with Crippen molar-refractivity contribution in [2.75, 3.05) is 43.4 Å². The first-order valence-electron chi connectivity index (χ1n) is 11.6. The van der Waals surface area contributed by atoms with Crippen molar-refractivity contribution in [1.29, 1.82) is 0 Å². The van der Waals surface area contributed by atoms with E-state index in [4.69, 9.17) is 5.10 Å². The highest BCUT2D eigenvalue weighted by atomic mass is 16.6. The Balaban J connectivity index is 1.36. The van der Waals surface area contributed by atoms with Crippen molar-refractivity contribution in [3.63, 3.8) is 0 Å². The number of nitro groups is 1. The average molecular weight is 470 g/mol. The molecule has 0 saturated carbocycles. The molecule has 1 N–H and O–H groups in total. The molecule has 2 aromatic heterocycles. The number of nitro benzene ring substituents is 1. The third-order valence-corrected chi connectivity index (χ3v) is 6.22. The van der Waals surface area contributed by atoms with E-state index in [9.17, 15) is 10.1 Å². The standard InChI is InChI=1S/C26H27N7O2/c1-30-13-15-31(16-14-30)25-12-9-22(18-28-25)27-17-21-19-32(23-5-3-2-4-6-23)29-26(21)20-7-10-24(11-8-20)33(34)35/h2-12,18-19,27H,13-17H2,1H3. The smallest absolute Gasteiger partial charge is 0.269 e. The molecule has 178 valence electrons. The predicted octanol–water partition coefficient (Wildman–Crippen LogP) is 4.21. The second-order valence-electron chi connectivity index (χ2n) is 8.64. The maximum atomic E-state index is 11.1. The van der Waals surface area contributed by atoms with Gasteiger partial charge in [0.15, 0.2) is 0 Å². The number of non-ortho nitro benzene ring substituents is 1. The molecule has 9 heteroatoms. The lowest BCUT2D eigenvalue weighted by Crippen LogP contribution is -2.44. The van der Waals surface area contributed by atoms with E-state index < -0.39 is 4.92 Å². The second-order valence-corrected chi connectivity index (χ2v) is 8.64. The Bertz CT molecular complexity index is 1280. The SMILES string of the molecule is CN1CCN(c2ccc(NCc3cn(-c4ccccc4)nc3-c3ccc([N+](=O)[O-])cc3)cn2)CC1. The second kappa shape index (κ2) is 9.94. The number of rotatable bonds is 7. The molecule has 1 aliphatic heterocycles. The summed E-state index contributed by atoms with van der Waals surface area (Å²) in [4.78, 5) is 20.0. The predicted molar refractivity (Wildman–Crippen MR) is 137 cm³/mol. The summed E-state index contributed by atoms with van der Waals surface area (Å²) < 4.78 is 1.84. The Kier molecular flexibility index (Phi) is 6.40. The lowest BCUT2D eigenvalue weighted by Gasteiger charge is -2.33. The van der Waals surface area contributed by atoms with Gasteiger partial charge in [0.2, 0.25) is 0 Å². The molecule has 5 rings (SSSR count). The topological polar surface area (TPSA) is 92.4 Å². The van der Waals surface area contributed by atoms with Crippen LogP contribution in [-0.2, 0) is 6.54 Å². The Labute approximate surface area is 203 Å². The molecule has 0 aliphatic carbocycles. The van der Waals surface area contributed by atoms with Crippen molar-refractivity contribution in [2.45, 2.75) is 6.54 Å². The van der Waals surface area contributed by atoms with Crippen molar-refractivity contribution in [2.24, 2.45) is 0 Å². The van der Waals surface area contributed by atoms with Crippen molar-refractivity contribution >= 4 is 17.2 Å². The molecule has 1 fully saturated rings. The lowest BCUT2D eigenvalue weighted by atomic mass is 10.1. The monoisotopic (exact) mass is 469 g/mol. The summed E-state index contributed by atoms with van der Waals surface area (Å²) in [6, 6.07) is 20.5. The fourth-order valence-corrected chi connectivity index (χ4v) is 4.15. The summed E-state index contributed by atoms with van der Waals surface area (Å²) in [6.07, 6.45) is 3.85. The third kappa shape index (κ3) is 5.15. The van der Waals surface area contributed by atoms with Gasteiger partial charge in [0.05, 0.1) is 28.2 Å². The molecule has 4 aromatic rings. The van der Waals surface area contributed by atoms with E-state index in [1.54, 1.807) is 12.1 Å². The normalized spacial score (nSPS) is 14.1. The minimum atomic E-state index is -0.395. The lowest BCUT2D eigenvalue weighted by molar-refractivity contribution is -0.384. The number of aromatic nitrogens is 3. The van der Waals surface area contributed by atoms with Gasteiger partial charge in [-0.25, -0.2) is 9.67 Å². The quantitative estimate of drug-likeness (QED) is 0.320. The Morgan fingerprint density at radius 3 is 2.37 bits per heavy atom. The summed E-state index contributed by atoms with van der Waals surface area (Å²) in [5.74, 6) is 0.993. The van der Waals surface area contributed by atoms with Gasteiger partial charge in [0.25, 0.3) is 5.69 Å². The third-order valence-electron chi connectivity index (χ3n) is 6.22. The highest BCUT2D eigenvalue weighted by Crippen LogP contribution is 2.27. The molecule has 0 bridgehead atoms. The van der Waals surface area contributed by atoms with Gasteiger partial charge in [0, 0.05) is 62.2 Å². The van der Waals surface area contributed by atoms with Crippen molar-refractivity contribution < 1.29 is 4.92 Å². The van der Waals surface area contributed by atoms with Crippen LogP contribution >= 0.6 is 0 Å². The van der Waals surface area contributed by atoms with Crippen LogP contribution in [0, 0.1) is 10.1 Å². The van der Waals surface area contributed by atoms with Crippen LogP contribution in [0.25, 0.3) is 16.9 Å². The summed E-state index contributed by atoms with van der Waals surface area (Å²) in [5, 5.41) is 19.3. The van der Waals surface area contributed by atoms with Gasteiger partial charge in [-0.05, 0) is 43.4 Å². The minimum Gasteiger partial charge on any atom is -0.380 e. The number of likely N-dealkylation sites (N-methyl/N-ethyl adjacent to an activating group) is 1. The first-order chi connectivity index (χ1) is 17.1. The first kappa shape index (κ1) is 22.5. The van der Waals surface area contributed by atoms with Crippen molar-refractivity contribution in [1.82, 2.24) is 19.7 Å². The van der Waals surface area contributed by atoms with Crippen LogP contribution in [0.3, 0.4) is 0 Å². The van der Waals surface area contributed by atoms with Gasteiger partial charge >= 0.3 is 0 Å². The number of piperazine rings is 1. The molecular formula is C26H27N7O2. The number of hydrogen-bond acceptors (Lipinski definition) is 7. The molecule has 0 unspecified atom stereocenters. The van der Waals surface area contributed by atoms with E-state index in [2.05, 4.69) is 33.2 Å². The van der Waals surface area contributed by atoms with Crippen LogP contribution in [0.4, 0.5) is 17.2 Å². The Hall–Kier alpha value is -4.24. The van der Waals surface area contributed by atoms with E-state index in [-0.39, 0.29) is 5.69 Å². The van der Waals surface area contributed by atoms with E-state index in [0.717, 1.165) is 60.2 Å². The van der Waals surface area contributed by atoms with Gasteiger partial charge < -0.3 is 15.1 Å². The van der Waals surface area contributed by atoms with E-state index in [1.165, 1.54) is 12.1 Å². The molecule has 0 amide bonds. The fourth-order valence-electron chi connectivity index (χ4n) is 4.15. The summed E-state index contributed by atoms with van der Waals surface area (Å²) in [5.41, 5.74) is 4.50. The zero-order valence-corrected chi connectivity index (χ0v) is 19.5. The summed E-state index contributed by atoms with van der Waals surface area (Å²) >= 11 is 0. The summed E-state index contributed by atoms with van der Waals surface area (Å²) in [6.45, 7) is 4.58. The van der Waals surface area contributed by atoms with E-state index in [1.807, 2.05) is 53.5 Å².